The van der Waals surface area contributed by atoms with Crippen molar-refractivity contribution in [2.75, 3.05) is 18.5 Å². The fourth-order valence-corrected chi connectivity index (χ4v) is 4.79. The molecule has 7 nitrogen and oxygen atoms in total. The Balaban J connectivity index is 1.66. The van der Waals surface area contributed by atoms with Gasteiger partial charge in [0.25, 0.3) is 5.91 Å². The lowest BCUT2D eigenvalue weighted by atomic mass is 9.64. The van der Waals surface area contributed by atoms with Gasteiger partial charge in [0.05, 0.1) is 6.61 Å². The molecule has 28 heavy (non-hydrogen) atoms. The Kier molecular flexibility index (Phi) is 5.37. The molecule has 2 N–H and O–H groups in total. The normalized spacial score (nSPS) is 26.3. The summed E-state index contributed by atoms with van der Waals surface area (Å²) < 4.78 is 5.37. The second-order valence-corrected chi connectivity index (χ2v) is 8.76. The van der Waals surface area contributed by atoms with Gasteiger partial charge in [-0.2, -0.15) is 0 Å². The van der Waals surface area contributed by atoms with E-state index in [4.69, 9.17) is 4.74 Å². The number of urea groups is 1. The lowest BCUT2D eigenvalue weighted by Gasteiger charge is -2.43. The van der Waals surface area contributed by atoms with Crippen LogP contribution < -0.4 is 15.4 Å². The number of nitrogens with one attached hydrogen (secondary N) is 2. The van der Waals surface area contributed by atoms with Gasteiger partial charge in [0.1, 0.15) is 17.8 Å². The first-order chi connectivity index (χ1) is 13.1. The van der Waals surface area contributed by atoms with Crippen molar-refractivity contribution >= 4 is 23.5 Å². The van der Waals surface area contributed by atoms with Crippen molar-refractivity contribution in [1.29, 1.82) is 0 Å². The second-order valence-electron chi connectivity index (χ2n) is 8.76. The number of amides is 4. The van der Waals surface area contributed by atoms with Crippen molar-refractivity contribution in [3.8, 4) is 5.75 Å². The number of hydrogen-bond acceptors (Lipinski definition) is 4. The highest BCUT2D eigenvalue weighted by molar-refractivity contribution is 6.10. The molecule has 152 valence electrons. The molecule has 2 atom stereocenters. The van der Waals surface area contributed by atoms with E-state index in [0.29, 0.717) is 36.8 Å². The van der Waals surface area contributed by atoms with Crippen LogP contribution >= 0.6 is 0 Å². The molecule has 2 unspecified atom stereocenters. The Morgan fingerprint density at radius 3 is 2.54 bits per heavy atom. The van der Waals surface area contributed by atoms with E-state index < -0.39 is 17.5 Å². The van der Waals surface area contributed by atoms with Crippen LogP contribution in [0.15, 0.2) is 24.3 Å². The number of rotatable bonds is 5. The summed E-state index contributed by atoms with van der Waals surface area (Å²) in [4.78, 5) is 39.0. The van der Waals surface area contributed by atoms with Crippen molar-refractivity contribution in [3.05, 3.63) is 24.3 Å². The maximum absolute atomic E-state index is 13.1. The van der Waals surface area contributed by atoms with E-state index in [1.54, 1.807) is 24.3 Å². The number of carbonyl (C=O) groups is 3. The van der Waals surface area contributed by atoms with Gasteiger partial charge in [-0.1, -0.05) is 20.8 Å². The highest BCUT2D eigenvalue weighted by Crippen LogP contribution is 2.46. The molecule has 7 heteroatoms. The van der Waals surface area contributed by atoms with E-state index >= 15 is 0 Å². The van der Waals surface area contributed by atoms with Crippen LogP contribution in [0, 0.1) is 11.3 Å². The third-order valence-corrected chi connectivity index (χ3v) is 5.37. The molecule has 1 saturated heterocycles. The smallest absolute Gasteiger partial charge is 0.325 e. The average molecular weight is 387 g/mol. The first kappa shape index (κ1) is 20.2. The van der Waals surface area contributed by atoms with Crippen LogP contribution in [0.3, 0.4) is 0 Å². The molecule has 1 heterocycles. The quantitative estimate of drug-likeness (QED) is 0.760. The first-order valence-corrected chi connectivity index (χ1v) is 9.81. The average Bonchev–Trinajstić information content (AvgIpc) is 2.78. The van der Waals surface area contributed by atoms with Gasteiger partial charge in [0.15, 0.2) is 0 Å². The van der Waals surface area contributed by atoms with Gasteiger partial charge in [0.2, 0.25) is 5.91 Å². The number of benzene rings is 1. The monoisotopic (exact) mass is 387 g/mol. The molecule has 1 saturated carbocycles. The van der Waals surface area contributed by atoms with E-state index in [2.05, 4.69) is 31.4 Å². The topological polar surface area (TPSA) is 87.7 Å². The van der Waals surface area contributed by atoms with Crippen LogP contribution in [0.4, 0.5) is 10.5 Å². The molecule has 1 aliphatic carbocycles. The molecular formula is C21H29N3O4. The summed E-state index contributed by atoms with van der Waals surface area (Å²) in [5.74, 6) is 0.336. The minimum atomic E-state index is -0.891. The molecule has 2 aliphatic rings. The number of imide groups is 1. The Labute approximate surface area is 165 Å². The molecule has 0 bridgehead atoms. The van der Waals surface area contributed by atoms with Crippen LogP contribution in [-0.2, 0) is 9.59 Å². The van der Waals surface area contributed by atoms with Crippen LogP contribution in [0.25, 0.3) is 0 Å². The van der Waals surface area contributed by atoms with Crippen LogP contribution in [0.5, 0.6) is 5.75 Å². The molecule has 0 aromatic heterocycles. The predicted molar refractivity (Wildman–Crippen MR) is 106 cm³/mol. The lowest BCUT2D eigenvalue weighted by molar-refractivity contribution is -0.136. The standard InChI is InChI=1S/C21H29N3O4/c1-5-28-16-8-6-15(7-9-16)22-17(25)12-24-18(26)21(23-19(24)27)11-14(2)10-20(3,4)13-21/h6-9,14H,5,10-13H2,1-4H3,(H,22,25)(H,23,27). The molecule has 1 spiro atoms. The first-order valence-electron chi connectivity index (χ1n) is 9.81. The maximum Gasteiger partial charge on any atom is 0.325 e. The van der Waals surface area contributed by atoms with E-state index in [-0.39, 0.29) is 17.9 Å². The zero-order chi connectivity index (χ0) is 20.5. The van der Waals surface area contributed by atoms with Gasteiger partial charge in [-0.3, -0.25) is 14.5 Å². The van der Waals surface area contributed by atoms with Crippen LogP contribution in [0.2, 0.25) is 0 Å². The summed E-state index contributed by atoms with van der Waals surface area (Å²) >= 11 is 0. The number of hydrogen-bond donors (Lipinski definition) is 2. The van der Waals surface area contributed by atoms with Gasteiger partial charge in [-0.25, -0.2) is 4.79 Å². The number of nitrogens with zero attached hydrogens (tertiary/aromatic N) is 1. The summed E-state index contributed by atoms with van der Waals surface area (Å²) in [6.45, 7) is 8.50. The lowest BCUT2D eigenvalue weighted by Crippen LogP contribution is -2.54. The highest BCUT2D eigenvalue weighted by Gasteiger charge is 2.56. The number of carbonyl (C=O) groups excluding carboxylic acids is 3. The predicted octanol–water partition coefficient (Wildman–Crippen LogP) is 3.16. The summed E-state index contributed by atoms with van der Waals surface area (Å²) in [6, 6.07) is 6.47. The van der Waals surface area contributed by atoms with Gasteiger partial charge < -0.3 is 15.4 Å². The largest absolute Gasteiger partial charge is 0.494 e. The molecule has 4 amide bonds. The minimum Gasteiger partial charge on any atom is -0.494 e. The zero-order valence-electron chi connectivity index (χ0n) is 17.0. The Morgan fingerprint density at radius 1 is 1.25 bits per heavy atom. The third kappa shape index (κ3) is 4.13. The highest BCUT2D eigenvalue weighted by atomic mass is 16.5. The molecule has 1 aromatic carbocycles. The van der Waals surface area contributed by atoms with Gasteiger partial charge in [-0.15, -0.1) is 0 Å². The van der Waals surface area contributed by atoms with Gasteiger partial charge in [0, 0.05) is 5.69 Å². The number of ether oxygens (including phenoxy) is 1. The van der Waals surface area contributed by atoms with Gasteiger partial charge >= 0.3 is 6.03 Å². The summed E-state index contributed by atoms with van der Waals surface area (Å²) in [5.41, 5.74) is -0.346. The van der Waals surface area contributed by atoms with E-state index in [1.165, 1.54) is 0 Å². The zero-order valence-corrected chi connectivity index (χ0v) is 17.0. The Morgan fingerprint density at radius 2 is 1.93 bits per heavy atom. The van der Waals surface area contributed by atoms with E-state index in [0.717, 1.165) is 11.3 Å². The molecule has 2 fully saturated rings. The molecule has 0 radical (unpaired) electrons. The van der Waals surface area contributed by atoms with Crippen molar-refractivity contribution in [1.82, 2.24) is 10.2 Å². The summed E-state index contributed by atoms with van der Waals surface area (Å²) in [7, 11) is 0. The van der Waals surface area contributed by atoms with Crippen molar-refractivity contribution < 1.29 is 19.1 Å². The number of anilines is 1. The molecule has 1 aromatic rings. The SMILES string of the molecule is CCOc1ccc(NC(=O)CN2C(=O)NC3(CC(C)CC(C)(C)C3)C2=O)cc1. The minimum absolute atomic E-state index is 0.0405. The van der Waals surface area contributed by atoms with E-state index in [9.17, 15) is 14.4 Å². The second kappa shape index (κ2) is 7.45. The van der Waals surface area contributed by atoms with Crippen LogP contribution in [0.1, 0.15) is 47.0 Å². The van der Waals surface area contributed by atoms with Gasteiger partial charge in [-0.05, 0) is 61.8 Å². The van der Waals surface area contributed by atoms with Crippen LogP contribution in [-0.4, -0.2) is 41.4 Å². The summed E-state index contributed by atoms with van der Waals surface area (Å²) in [6.07, 6.45) is 2.21. The van der Waals surface area contributed by atoms with Crippen molar-refractivity contribution in [3.63, 3.8) is 0 Å². The van der Waals surface area contributed by atoms with E-state index in [1.807, 2.05) is 6.92 Å². The molecule has 1 aliphatic heterocycles. The fourth-order valence-electron chi connectivity index (χ4n) is 4.79. The fraction of sp³-hybridized carbons (Fsp3) is 0.571. The Bertz CT molecular complexity index is 774. The van der Waals surface area contributed by atoms with Crippen molar-refractivity contribution in [2.24, 2.45) is 11.3 Å². The summed E-state index contributed by atoms with van der Waals surface area (Å²) in [5, 5.41) is 5.61. The van der Waals surface area contributed by atoms with Crippen molar-refractivity contribution in [2.45, 2.75) is 52.5 Å². The molecule has 3 rings (SSSR count). The Hall–Kier alpha value is -2.57. The molecular weight excluding hydrogens is 358 g/mol. The maximum atomic E-state index is 13.1. The third-order valence-electron chi connectivity index (χ3n) is 5.37.